The van der Waals surface area contributed by atoms with Gasteiger partial charge in [-0.25, -0.2) is 4.98 Å². The topological polar surface area (TPSA) is 56.7 Å². The number of carbonyl (C=O) groups excluding carboxylic acids is 1. The van der Waals surface area contributed by atoms with Crippen molar-refractivity contribution in [3.05, 3.63) is 96.2 Å². The highest BCUT2D eigenvalue weighted by atomic mass is 16.3. The van der Waals surface area contributed by atoms with E-state index in [2.05, 4.69) is 16.8 Å². The van der Waals surface area contributed by atoms with Crippen LogP contribution in [0, 0.1) is 0 Å². The van der Waals surface area contributed by atoms with E-state index in [1.165, 1.54) is 0 Å². The lowest BCUT2D eigenvalue weighted by Crippen LogP contribution is -2.58. The molecule has 1 saturated heterocycles. The van der Waals surface area contributed by atoms with Crippen LogP contribution in [0.1, 0.15) is 18.1 Å². The fourth-order valence-electron chi connectivity index (χ4n) is 4.01. The molecule has 4 rings (SSSR count). The first-order valence-corrected chi connectivity index (χ1v) is 9.91. The molecule has 0 aliphatic carbocycles. The summed E-state index contributed by atoms with van der Waals surface area (Å²) in [5.74, 6) is 0.621. The van der Waals surface area contributed by atoms with Gasteiger partial charge in [-0.05, 0) is 30.2 Å². The van der Waals surface area contributed by atoms with Crippen molar-refractivity contribution >= 4 is 11.7 Å². The fraction of sp³-hybridized carbons (Fsp3) is 0.250. The molecule has 2 heterocycles. The quantitative estimate of drug-likeness (QED) is 0.748. The van der Waals surface area contributed by atoms with E-state index in [0.29, 0.717) is 30.8 Å². The molecule has 29 heavy (non-hydrogen) atoms. The summed E-state index contributed by atoms with van der Waals surface area (Å²) < 4.78 is 0. The van der Waals surface area contributed by atoms with Crippen molar-refractivity contribution in [2.24, 2.45) is 0 Å². The van der Waals surface area contributed by atoms with E-state index in [1.807, 2.05) is 54.6 Å². The summed E-state index contributed by atoms with van der Waals surface area (Å²) >= 11 is 0. The van der Waals surface area contributed by atoms with E-state index in [4.69, 9.17) is 0 Å². The summed E-state index contributed by atoms with van der Waals surface area (Å²) in [6.07, 6.45) is 1.78. The van der Waals surface area contributed by atoms with Gasteiger partial charge < -0.3 is 14.9 Å². The molecule has 0 unspecified atom stereocenters. The van der Waals surface area contributed by atoms with Gasteiger partial charge >= 0.3 is 0 Å². The number of piperazine rings is 1. The largest absolute Gasteiger partial charge is 0.372 e. The maximum Gasteiger partial charge on any atom is 0.264 e. The van der Waals surface area contributed by atoms with E-state index in [0.717, 1.165) is 5.82 Å². The highest BCUT2D eigenvalue weighted by Crippen LogP contribution is 2.32. The van der Waals surface area contributed by atoms with Crippen LogP contribution >= 0.6 is 0 Å². The molecule has 1 atom stereocenters. The van der Waals surface area contributed by atoms with Gasteiger partial charge in [0.1, 0.15) is 5.82 Å². The van der Waals surface area contributed by atoms with E-state index in [9.17, 15) is 9.90 Å². The summed E-state index contributed by atoms with van der Waals surface area (Å²) in [4.78, 5) is 22.1. The van der Waals surface area contributed by atoms with Gasteiger partial charge in [-0.3, -0.25) is 4.79 Å². The zero-order chi connectivity index (χ0) is 20.3. The molecule has 1 aromatic heterocycles. The summed E-state index contributed by atoms with van der Waals surface area (Å²) in [6.45, 7) is 3.81. The van der Waals surface area contributed by atoms with Gasteiger partial charge in [-0.15, -0.1) is 0 Å². The molecule has 1 amide bonds. The van der Waals surface area contributed by atoms with Crippen LogP contribution in [0.4, 0.5) is 5.82 Å². The molecule has 2 aromatic carbocycles. The van der Waals surface area contributed by atoms with Crippen molar-refractivity contribution in [1.82, 2.24) is 9.88 Å². The monoisotopic (exact) mass is 387 g/mol. The van der Waals surface area contributed by atoms with Gasteiger partial charge in [-0.2, -0.15) is 0 Å². The molecule has 1 fully saturated rings. The van der Waals surface area contributed by atoms with Crippen LogP contribution in [0.25, 0.3) is 0 Å². The van der Waals surface area contributed by atoms with Crippen LogP contribution in [0.3, 0.4) is 0 Å². The van der Waals surface area contributed by atoms with Crippen molar-refractivity contribution in [2.45, 2.75) is 18.6 Å². The van der Waals surface area contributed by atoms with Crippen molar-refractivity contribution in [3.63, 3.8) is 0 Å². The second-order valence-corrected chi connectivity index (χ2v) is 7.42. The van der Waals surface area contributed by atoms with Crippen LogP contribution in [-0.2, 0) is 10.4 Å². The first-order chi connectivity index (χ1) is 14.1. The van der Waals surface area contributed by atoms with Crippen LogP contribution in [0.2, 0.25) is 0 Å². The van der Waals surface area contributed by atoms with Gasteiger partial charge in [0, 0.05) is 31.9 Å². The van der Waals surface area contributed by atoms with Gasteiger partial charge in [0.25, 0.3) is 5.91 Å². The fourth-order valence-corrected chi connectivity index (χ4v) is 4.01. The molecule has 1 aliphatic heterocycles. The number of anilines is 1. The lowest BCUT2D eigenvalue weighted by atomic mass is 9.84. The molecule has 0 radical (unpaired) electrons. The SMILES string of the molecule is C[C@H]1CN(C(=O)C(O)(c2ccccc2)c2ccccc2)CCN1c1ccccn1. The number of rotatable bonds is 4. The average molecular weight is 387 g/mol. The standard InChI is InChI=1S/C24H25N3O2/c1-19-18-26(16-17-27(19)22-14-8-9-15-25-22)23(28)24(29,20-10-4-2-5-11-20)21-12-6-3-7-13-21/h2-15,19,29H,16-18H2,1H3/t19-/m0/s1. The second kappa shape index (κ2) is 8.05. The summed E-state index contributed by atoms with van der Waals surface area (Å²) in [7, 11) is 0. The smallest absolute Gasteiger partial charge is 0.264 e. The number of aliphatic hydroxyl groups is 1. The van der Waals surface area contributed by atoms with Crippen LogP contribution in [0.15, 0.2) is 85.1 Å². The van der Waals surface area contributed by atoms with Crippen molar-refractivity contribution in [1.29, 1.82) is 0 Å². The maximum absolute atomic E-state index is 13.7. The van der Waals surface area contributed by atoms with E-state index >= 15 is 0 Å². The average Bonchev–Trinajstić information content (AvgIpc) is 2.79. The molecular formula is C24H25N3O2. The minimum Gasteiger partial charge on any atom is -0.372 e. The number of nitrogens with zero attached hydrogens (tertiary/aromatic N) is 3. The Bertz CT molecular complexity index is 908. The van der Waals surface area contributed by atoms with E-state index in [1.54, 1.807) is 35.4 Å². The molecule has 1 aliphatic rings. The first-order valence-electron chi connectivity index (χ1n) is 9.91. The molecule has 5 nitrogen and oxygen atoms in total. The Kier molecular flexibility index (Phi) is 5.32. The van der Waals surface area contributed by atoms with Crippen LogP contribution in [0.5, 0.6) is 0 Å². The third-order valence-corrected chi connectivity index (χ3v) is 5.55. The molecule has 3 aromatic rings. The van der Waals surface area contributed by atoms with E-state index < -0.39 is 5.60 Å². The number of pyridine rings is 1. The molecule has 0 saturated carbocycles. The van der Waals surface area contributed by atoms with Crippen molar-refractivity contribution < 1.29 is 9.90 Å². The summed E-state index contributed by atoms with van der Waals surface area (Å²) in [5, 5.41) is 11.7. The normalized spacial score (nSPS) is 17.2. The Morgan fingerprint density at radius 1 is 0.931 bits per heavy atom. The van der Waals surface area contributed by atoms with Gasteiger partial charge in [0.15, 0.2) is 5.60 Å². The highest BCUT2D eigenvalue weighted by Gasteiger charge is 2.44. The minimum absolute atomic E-state index is 0.0957. The zero-order valence-corrected chi connectivity index (χ0v) is 16.5. The summed E-state index contributed by atoms with van der Waals surface area (Å²) in [5.41, 5.74) is -0.554. The van der Waals surface area contributed by atoms with E-state index in [-0.39, 0.29) is 11.9 Å². The number of benzene rings is 2. The lowest BCUT2D eigenvalue weighted by molar-refractivity contribution is -0.149. The van der Waals surface area contributed by atoms with Gasteiger partial charge in [-0.1, -0.05) is 66.7 Å². The van der Waals surface area contributed by atoms with Gasteiger partial charge in [0.2, 0.25) is 0 Å². The molecule has 0 bridgehead atoms. The van der Waals surface area contributed by atoms with Gasteiger partial charge in [0.05, 0.1) is 0 Å². The zero-order valence-electron chi connectivity index (χ0n) is 16.5. The number of hydrogen-bond donors (Lipinski definition) is 1. The Morgan fingerprint density at radius 3 is 2.03 bits per heavy atom. The Hall–Kier alpha value is -3.18. The predicted octanol–water partition coefficient (Wildman–Crippen LogP) is 3.05. The number of amides is 1. The Balaban J connectivity index is 1.63. The second-order valence-electron chi connectivity index (χ2n) is 7.42. The Morgan fingerprint density at radius 2 is 1.52 bits per heavy atom. The predicted molar refractivity (Wildman–Crippen MR) is 114 cm³/mol. The van der Waals surface area contributed by atoms with Crippen molar-refractivity contribution in [2.75, 3.05) is 24.5 Å². The minimum atomic E-state index is -1.71. The Labute approximate surface area is 171 Å². The number of aromatic nitrogens is 1. The highest BCUT2D eigenvalue weighted by molar-refractivity contribution is 5.90. The molecule has 0 spiro atoms. The lowest BCUT2D eigenvalue weighted by Gasteiger charge is -2.43. The third-order valence-electron chi connectivity index (χ3n) is 5.55. The number of hydrogen-bond acceptors (Lipinski definition) is 4. The molecule has 5 heteroatoms. The third kappa shape index (κ3) is 3.61. The van der Waals surface area contributed by atoms with Crippen LogP contribution in [-0.4, -0.2) is 46.6 Å². The molecule has 148 valence electrons. The van der Waals surface area contributed by atoms with Crippen LogP contribution < -0.4 is 4.90 Å². The first kappa shape index (κ1) is 19.2. The molecule has 1 N–H and O–H groups in total. The number of carbonyl (C=O) groups is 1. The summed E-state index contributed by atoms with van der Waals surface area (Å²) in [6, 6.07) is 24.3. The van der Waals surface area contributed by atoms with Crippen molar-refractivity contribution in [3.8, 4) is 0 Å². The molecular weight excluding hydrogens is 362 g/mol. The maximum atomic E-state index is 13.7.